The predicted molar refractivity (Wildman–Crippen MR) is 40.6 cm³/mol. The number of nitrogens with two attached hydrogens (primary N) is 1. The van der Waals surface area contributed by atoms with Crippen molar-refractivity contribution < 1.29 is 22.3 Å². The van der Waals surface area contributed by atoms with Crippen LogP contribution in [0.2, 0.25) is 0 Å². The van der Waals surface area contributed by atoms with Crippen LogP contribution in [-0.4, -0.2) is 44.0 Å². The molecule has 74 valence electrons. The van der Waals surface area contributed by atoms with E-state index in [1.165, 1.54) is 0 Å². The lowest BCUT2D eigenvalue weighted by atomic mass is 10.5. The SMILES string of the molecule is NC(COS(=O)(=O)O)NCCO. The minimum absolute atomic E-state index is 0.112. The molecular weight excluding hydrogens is 188 g/mol. The first-order valence-corrected chi connectivity index (χ1v) is 4.54. The van der Waals surface area contributed by atoms with E-state index in [9.17, 15) is 8.42 Å². The summed E-state index contributed by atoms with van der Waals surface area (Å²) in [6.45, 7) is -0.256. The van der Waals surface area contributed by atoms with Gasteiger partial charge in [-0.05, 0) is 0 Å². The Balaban J connectivity index is 3.51. The molecule has 5 N–H and O–H groups in total. The Labute approximate surface area is 70.5 Å². The summed E-state index contributed by atoms with van der Waals surface area (Å²) in [5.74, 6) is 0. The molecule has 0 saturated heterocycles. The van der Waals surface area contributed by atoms with Gasteiger partial charge in [-0.1, -0.05) is 0 Å². The van der Waals surface area contributed by atoms with Crippen molar-refractivity contribution in [3.05, 3.63) is 0 Å². The zero-order valence-electron chi connectivity index (χ0n) is 6.30. The van der Waals surface area contributed by atoms with Crippen molar-refractivity contribution in [2.24, 2.45) is 5.73 Å². The van der Waals surface area contributed by atoms with Crippen LogP contribution in [0.3, 0.4) is 0 Å². The topological polar surface area (TPSA) is 122 Å². The van der Waals surface area contributed by atoms with Crippen molar-refractivity contribution in [2.75, 3.05) is 19.8 Å². The second-order valence-electron chi connectivity index (χ2n) is 2.00. The van der Waals surface area contributed by atoms with Crippen LogP contribution in [0.5, 0.6) is 0 Å². The number of aliphatic hydroxyl groups excluding tert-OH is 1. The maximum atomic E-state index is 10.0. The summed E-state index contributed by atoms with van der Waals surface area (Å²) >= 11 is 0. The van der Waals surface area contributed by atoms with Gasteiger partial charge in [0.1, 0.15) is 0 Å². The fraction of sp³-hybridized carbons (Fsp3) is 1.00. The van der Waals surface area contributed by atoms with Crippen LogP contribution in [0, 0.1) is 0 Å². The Bertz CT molecular complexity index is 203. The molecular formula is C4H12N2O5S. The second kappa shape index (κ2) is 5.41. The van der Waals surface area contributed by atoms with E-state index in [0.29, 0.717) is 0 Å². The summed E-state index contributed by atoms with van der Waals surface area (Å²) < 4.78 is 32.1. The number of hydrogen-bond acceptors (Lipinski definition) is 6. The Morgan fingerprint density at radius 2 is 2.17 bits per heavy atom. The third-order valence-electron chi connectivity index (χ3n) is 0.915. The van der Waals surface area contributed by atoms with E-state index >= 15 is 0 Å². The van der Waals surface area contributed by atoms with Gasteiger partial charge >= 0.3 is 10.4 Å². The smallest absolute Gasteiger partial charge is 0.395 e. The molecule has 0 radical (unpaired) electrons. The molecule has 12 heavy (non-hydrogen) atoms. The Morgan fingerprint density at radius 1 is 1.58 bits per heavy atom. The lowest BCUT2D eigenvalue weighted by Gasteiger charge is -2.10. The van der Waals surface area contributed by atoms with Crippen LogP contribution in [0.1, 0.15) is 0 Å². The Hall–Kier alpha value is -0.250. The zero-order valence-corrected chi connectivity index (χ0v) is 7.12. The highest BCUT2D eigenvalue weighted by Crippen LogP contribution is 1.85. The van der Waals surface area contributed by atoms with Crippen LogP contribution < -0.4 is 11.1 Å². The highest BCUT2D eigenvalue weighted by Gasteiger charge is 2.08. The first-order valence-electron chi connectivity index (χ1n) is 3.17. The van der Waals surface area contributed by atoms with Crippen LogP contribution in [0.4, 0.5) is 0 Å². The second-order valence-corrected chi connectivity index (χ2v) is 3.09. The predicted octanol–water partition coefficient (Wildman–Crippen LogP) is -2.33. The van der Waals surface area contributed by atoms with E-state index in [1.54, 1.807) is 0 Å². The summed E-state index contributed by atoms with van der Waals surface area (Å²) in [5, 5.41) is 10.8. The molecule has 0 rings (SSSR count). The standard InChI is InChI=1S/C4H12N2O5S/c5-4(6-1-2-7)3-11-12(8,9)10/h4,6-7H,1-3,5H2,(H,8,9,10). The highest BCUT2D eigenvalue weighted by molar-refractivity contribution is 7.80. The van der Waals surface area contributed by atoms with Gasteiger partial charge < -0.3 is 10.8 Å². The lowest BCUT2D eigenvalue weighted by molar-refractivity contribution is 0.225. The average molecular weight is 200 g/mol. The third kappa shape index (κ3) is 7.85. The Morgan fingerprint density at radius 3 is 2.58 bits per heavy atom. The van der Waals surface area contributed by atoms with E-state index in [0.717, 1.165) is 0 Å². The Kier molecular flexibility index (Phi) is 5.29. The molecule has 0 saturated carbocycles. The van der Waals surface area contributed by atoms with Gasteiger partial charge in [-0.15, -0.1) is 0 Å². The quantitative estimate of drug-likeness (QED) is 0.280. The van der Waals surface area contributed by atoms with E-state index < -0.39 is 16.6 Å². The van der Waals surface area contributed by atoms with Crippen molar-refractivity contribution in [2.45, 2.75) is 6.17 Å². The molecule has 0 bridgehead atoms. The molecule has 1 unspecified atom stereocenters. The van der Waals surface area contributed by atoms with Gasteiger partial charge in [-0.3, -0.25) is 9.87 Å². The molecule has 1 atom stereocenters. The van der Waals surface area contributed by atoms with Crippen molar-refractivity contribution in [3.8, 4) is 0 Å². The number of hydrogen-bond donors (Lipinski definition) is 4. The average Bonchev–Trinajstić information content (AvgIpc) is 1.95. The number of nitrogens with one attached hydrogen (secondary N) is 1. The molecule has 0 fully saturated rings. The molecule has 8 heteroatoms. The van der Waals surface area contributed by atoms with E-state index in [-0.39, 0.29) is 19.8 Å². The van der Waals surface area contributed by atoms with Gasteiger partial charge in [0.25, 0.3) is 0 Å². The summed E-state index contributed by atoms with van der Waals surface area (Å²) in [4.78, 5) is 0. The van der Waals surface area contributed by atoms with Crippen molar-refractivity contribution in [3.63, 3.8) is 0 Å². The molecule has 0 aliphatic heterocycles. The molecule has 0 aromatic heterocycles. The molecule has 0 amide bonds. The lowest BCUT2D eigenvalue weighted by Crippen LogP contribution is -2.43. The monoisotopic (exact) mass is 200 g/mol. The number of aliphatic hydroxyl groups is 1. The summed E-state index contributed by atoms with van der Waals surface area (Å²) in [7, 11) is -4.43. The third-order valence-corrected chi connectivity index (χ3v) is 1.35. The van der Waals surface area contributed by atoms with Gasteiger partial charge in [0.15, 0.2) is 0 Å². The van der Waals surface area contributed by atoms with Gasteiger partial charge in [0.05, 0.1) is 19.4 Å². The first-order chi connectivity index (χ1) is 5.45. The van der Waals surface area contributed by atoms with Crippen molar-refractivity contribution >= 4 is 10.4 Å². The van der Waals surface area contributed by atoms with Gasteiger partial charge in [0.2, 0.25) is 0 Å². The van der Waals surface area contributed by atoms with Crippen LogP contribution in [0.15, 0.2) is 0 Å². The van der Waals surface area contributed by atoms with E-state index in [4.69, 9.17) is 15.4 Å². The van der Waals surface area contributed by atoms with Crippen LogP contribution in [-0.2, 0) is 14.6 Å². The number of rotatable bonds is 6. The largest absolute Gasteiger partial charge is 0.397 e. The van der Waals surface area contributed by atoms with Gasteiger partial charge in [-0.25, -0.2) is 4.18 Å². The maximum absolute atomic E-state index is 10.0. The summed E-state index contributed by atoms with van der Waals surface area (Å²) in [6.07, 6.45) is -0.737. The maximum Gasteiger partial charge on any atom is 0.397 e. The normalized spacial score (nSPS) is 14.6. The molecule has 0 spiro atoms. The van der Waals surface area contributed by atoms with Crippen LogP contribution >= 0.6 is 0 Å². The minimum atomic E-state index is -4.43. The zero-order chi connectivity index (χ0) is 9.61. The van der Waals surface area contributed by atoms with Crippen LogP contribution in [0.25, 0.3) is 0 Å². The van der Waals surface area contributed by atoms with Crippen molar-refractivity contribution in [1.29, 1.82) is 0 Å². The van der Waals surface area contributed by atoms with Gasteiger partial charge in [-0.2, -0.15) is 8.42 Å². The molecule has 7 nitrogen and oxygen atoms in total. The summed E-state index contributed by atoms with van der Waals surface area (Å²) in [6, 6.07) is 0. The summed E-state index contributed by atoms with van der Waals surface area (Å²) in [5.41, 5.74) is 5.24. The van der Waals surface area contributed by atoms with E-state index in [2.05, 4.69) is 9.50 Å². The molecule has 0 aromatic rings. The fourth-order valence-electron chi connectivity index (χ4n) is 0.468. The minimum Gasteiger partial charge on any atom is -0.395 e. The molecule has 0 aliphatic rings. The fourth-order valence-corrected chi connectivity index (χ4v) is 0.787. The van der Waals surface area contributed by atoms with E-state index in [1.807, 2.05) is 0 Å². The highest BCUT2D eigenvalue weighted by atomic mass is 32.3. The molecule has 0 aliphatic carbocycles. The van der Waals surface area contributed by atoms with Gasteiger partial charge in [0, 0.05) is 6.54 Å². The van der Waals surface area contributed by atoms with Crippen molar-refractivity contribution in [1.82, 2.24) is 5.32 Å². The molecule has 0 heterocycles. The first kappa shape index (κ1) is 11.8. The molecule has 0 aromatic carbocycles.